The van der Waals surface area contributed by atoms with Gasteiger partial charge in [-0.2, -0.15) is 0 Å². The Hall–Kier alpha value is -4.16. The first-order valence-corrected chi connectivity index (χ1v) is 12.6. The summed E-state index contributed by atoms with van der Waals surface area (Å²) in [6.07, 6.45) is 0. The van der Waals surface area contributed by atoms with Crippen LogP contribution in [0.3, 0.4) is 0 Å². The maximum Gasteiger partial charge on any atom is 0.261 e. The van der Waals surface area contributed by atoms with E-state index in [1.165, 1.54) is 17.0 Å². The van der Waals surface area contributed by atoms with Crippen molar-refractivity contribution in [3.05, 3.63) is 136 Å². The number of rotatable bonds is 10. The summed E-state index contributed by atoms with van der Waals surface area (Å²) < 4.78 is 19.3. The molecule has 0 aliphatic carbocycles. The van der Waals surface area contributed by atoms with Crippen molar-refractivity contribution in [2.75, 3.05) is 6.61 Å². The van der Waals surface area contributed by atoms with Gasteiger partial charge >= 0.3 is 0 Å². The molecule has 5 nitrogen and oxygen atoms in total. The number of nitrogens with zero attached hydrogens (tertiary/aromatic N) is 1. The van der Waals surface area contributed by atoms with Gasteiger partial charge in [0, 0.05) is 13.1 Å². The lowest BCUT2D eigenvalue weighted by molar-refractivity contribution is -0.143. The van der Waals surface area contributed by atoms with Crippen molar-refractivity contribution in [1.29, 1.82) is 0 Å². The molecule has 0 fully saturated rings. The summed E-state index contributed by atoms with van der Waals surface area (Å²) in [5.74, 6) is -0.785. The Morgan fingerprint density at radius 3 is 2.18 bits per heavy atom. The highest BCUT2D eigenvalue weighted by molar-refractivity contribution is 6.32. The third kappa shape index (κ3) is 7.20. The lowest BCUT2D eigenvalue weighted by atomic mass is 10.0. The monoisotopic (exact) mass is 530 g/mol. The molecule has 0 aliphatic rings. The van der Waals surface area contributed by atoms with E-state index in [4.69, 9.17) is 16.3 Å². The molecule has 0 aliphatic heterocycles. The van der Waals surface area contributed by atoms with Gasteiger partial charge in [-0.1, -0.05) is 96.0 Å². The summed E-state index contributed by atoms with van der Waals surface area (Å²) in [7, 11) is 0. The van der Waals surface area contributed by atoms with Crippen LogP contribution < -0.4 is 10.1 Å². The zero-order chi connectivity index (χ0) is 26.9. The maximum atomic E-state index is 13.7. The minimum Gasteiger partial charge on any atom is -0.482 e. The van der Waals surface area contributed by atoms with Gasteiger partial charge in [-0.15, -0.1) is 0 Å². The second-order valence-electron chi connectivity index (χ2n) is 8.88. The zero-order valence-electron chi connectivity index (χ0n) is 20.9. The molecule has 0 aromatic heterocycles. The Balaban J connectivity index is 1.63. The van der Waals surface area contributed by atoms with E-state index in [9.17, 15) is 14.0 Å². The van der Waals surface area contributed by atoms with Crippen molar-refractivity contribution >= 4 is 23.4 Å². The summed E-state index contributed by atoms with van der Waals surface area (Å²) in [5, 5.41) is 3.35. The first kappa shape index (κ1) is 26.9. The summed E-state index contributed by atoms with van der Waals surface area (Å²) in [6.45, 7) is 2.04. The standard InChI is InChI=1S/C31H28ClFN2O3/c1-22-11-13-23(14-12-22)19-34-31(37)30(25-7-3-2-4-8-25)35(20-24-15-17-26(33)18-16-24)29(36)21-38-28-10-6-5-9-27(28)32/h2-18,30H,19-21H2,1H3,(H,34,37)/t30-/m1/s1. The van der Waals surface area contributed by atoms with Gasteiger partial charge in [0.2, 0.25) is 5.91 Å². The van der Waals surface area contributed by atoms with Crippen molar-refractivity contribution in [2.24, 2.45) is 0 Å². The van der Waals surface area contributed by atoms with E-state index < -0.39 is 11.9 Å². The molecular weight excluding hydrogens is 503 g/mol. The van der Waals surface area contributed by atoms with Crippen LogP contribution in [0.25, 0.3) is 0 Å². The van der Waals surface area contributed by atoms with Crippen molar-refractivity contribution in [3.8, 4) is 5.75 Å². The summed E-state index contributed by atoms with van der Waals surface area (Å²) in [6, 6.07) is 28.7. The predicted molar refractivity (Wildman–Crippen MR) is 146 cm³/mol. The molecule has 194 valence electrons. The van der Waals surface area contributed by atoms with E-state index in [0.29, 0.717) is 28.4 Å². The lowest BCUT2D eigenvalue weighted by Crippen LogP contribution is -2.45. The van der Waals surface area contributed by atoms with E-state index in [2.05, 4.69) is 5.32 Å². The molecule has 0 unspecified atom stereocenters. The van der Waals surface area contributed by atoms with E-state index in [1.807, 2.05) is 49.4 Å². The van der Waals surface area contributed by atoms with Gasteiger partial charge in [-0.05, 0) is 47.9 Å². The number of benzene rings is 4. The van der Waals surface area contributed by atoms with Crippen molar-refractivity contribution < 1.29 is 18.7 Å². The highest BCUT2D eigenvalue weighted by Crippen LogP contribution is 2.26. The van der Waals surface area contributed by atoms with Gasteiger partial charge in [0.1, 0.15) is 17.6 Å². The molecule has 0 heterocycles. The van der Waals surface area contributed by atoms with Crippen LogP contribution in [0.2, 0.25) is 5.02 Å². The second kappa shape index (κ2) is 12.9. The molecule has 4 aromatic rings. The largest absolute Gasteiger partial charge is 0.482 e. The number of hydrogen-bond acceptors (Lipinski definition) is 3. The molecule has 1 atom stereocenters. The average molecular weight is 531 g/mol. The summed E-state index contributed by atoms with van der Waals surface area (Å²) in [4.78, 5) is 28.8. The molecule has 0 saturated carbocycles. The molecule has 0 bridgehead atoms. The van der Waals surface area contributed by atoms with Crippen LogP contribution in [0.4, 0.5) is 4.39 Å². The Morgan fingerprint density at radius 2 is 1.50 bits per heavy atom. The van der Waals surface area contributed by atoms with Crippen LogP contribution in [-0.4, -0.2) is 23.3 Å². The Bertz CT molecular complexity index is 1360. The number of ether oxygens (including phenoxy) is 1. The number of hydrogen-bond donors (Lipinski definition) is 1. The number of aryl methyl sites for hydroxylation is 1. The molecule has 7 heteroatoms. The molecule has 0 radical (unpaired) electrons. The predicted octanol–water partition coefficient (Wildman–Crippen LogP) is 6.25. The fourth-order valence-corrected chi connectivity index (χ4v) is 4.18. The Labute approximate surface area is 226 Å². The Kier molecular flexibility index (Phi) is 9.11. The van der Waals surface area contributed by atoms with Crippen molar-refractivity contribution in [1.82, 2.24) is 10.2 Å². The number of para-hydroxylation sites is 1. The van der Waals surface area contributed by atoms with Gasteiger partial charge in [0.25, 0.3) is 5.91 Å². The van der Waals surface area contributed by atoms with E-state index in [1.54, 1.807) is 48.5 Å². The van der Waals surface area contributed by atoms with Crippen molar-refractivity contribution in [2.45, 2.75) is 26.1 Å². The minimum absolute atomic E-state index is 0.0719. The smallest absolute Gasteiger partial charge is 0.261 e. The molecule has 0 spiro atoms. The fourth-order valence-electron chi connectivity index (χ4n) is 3.99. The molecule has 0 saturated heterocycles. The molecule has 2 amide bonds. The fraction of sp³-hybridized carbons (Fsp3) is 0.161. The van der Waals surface area contributed by atoms with Gasteiger partial charge in [-0.3, -0.25) is 9.59 Å². The summed E-state index contributed by atoms with van der Waals surface area (Å²) >= 11 is 6.20. The number of carbonyl (C=O) groups is 2. The van der Waals surface area contributed by atoms with Crippen LogP contribution in [0.1, 0.15) is 28.3 Å². The molecule has 1 N–H and O–H groups in total. The zero-order valence-corrected chi connectivity index (χ0v) is 21.7. The van der Waals surface area contributed by atoms with Gasteiger partial charge in [0.15, 0.2) is 6.61 Å². The molecule has 4 rings (SSSR count). The number of halogens is 2. The van der Waals surface area contributed by atoms with Crippen LogP contribution in [0, 0.1) is 12.7 Å². The summed E-state index contributed by atoms with van der Waals surface area (Å²) in [5.41, 5.74) is 3.37. The van der Waals surface area contributed by atoms with Crippen LogP contribution >= 0.6 is 11.6 Å². The van der Waals surface area contributed by atoms with E-state index in [0.717, 1.165) is 11.1 Å². The second-order valence-corrected chi connectivity index (χ2v) is 9.29. The highest BCUT2D eigenvalue weighted by Gasteiger charge is 2.32. The average Bonchev–Trinajstić information content (AvgIpc) is 2.93. The van der Waals surface area contributed by atoms with Crippen LogP contribution in [0.5, 0.6) is 5.75 Å². The first-order valence-electron chi connectivity index (χ1n) is 12.2. The lowest BCUT2D eigenvalue weighted by Gasteiger charge is -2.31. The maximum absolute atomic E-state index is 13.7. The Morgan fingerprint density at radius 1 is 0.868 bits per heavy atom. The third-order valence-electron chi connectivity index (χ3n) is 6.04. The van der Waals surface area contributed by atoms with E-state index in [-0.39, 0.29) is 24.9 Å². The molecular formula is C31H28ClFN2O3. The SMILES string of the molecule is Cc1ccc(CNC(=O)[C@@H](c2ccccc2)N(Cc2ccc(F)cc2)C(=O)COc2ccccc2Cl)cc1. The topological polar surface area (TPSA) is 58.6 Å². The number of amides is 2. The van der Waals surface area contributed by atoms with Gasteiger partial charge in [0.05, 0.1) is 5.02 Å². The first-order chi connectivity index (χ1) is 18.4. The van der Waals surface area contributed by atoms with E-state index >= 15 is 0 Å². The van der Waals surface area contributed by atoms with Crippen molar-refractivity contribution in [3.63, 3.8) is 0 Å². The van der Waals surface area contributed by atoms with Crippen LogP contribution in [0.15, 0.2) is 103 Å². The number of carbonyl (C=O) groups excluding carboxylic acids is 2. The highest BCUT2D eigenvalue weighted by atomic mass is 35.5. The van der Waals surface area contributed by atoms with Gasteiger partial charge in [-0.25, -0.2) is 4.39 Å². The van der Waals surface area contributed by atoms with Gasteiger partial charge < -0.3 is 15.0 Å². The number of nitrogens with one attached hydrogen (secondary N) is 1. The molecule has 38 heavy (non-hydrogen) atoms. The van der Waals surface area contributed by atoms with Crippen LogP contribution in [-0.2, 0) is 22.7 Å². The normalized spacial score (nSPS) is 11.4. The quantitative estimate of drug-likeness (QED) is 0.263. The minimum atomic E-state index is -0.950. The molecule has 4 aromatic carbocycles. The third-order valence-corrected chi connectivity index (χ3v) is 6.35.